The number of piperazine rings is 1. The number of anilines is 1. The quantitative estimate of drug-likeness (QED) is 0.349. The molecule has 9 nitrogen and oxygen atoms in total. The van der Waals surface area contributed by atoms with Crippen molar-refractivity contribution in [2.75, 3.05) is 50.9 Å². The van der Waals surface area contributed by atoms with Gasteiger partial charge in [0, 0.05) is 57.9 Å². The highest BCUT2D eigenvalue weighted by Gasteiger charge is 2.54. The third-order valence-corrected chi connectivity index (χ3v) is 8.79. The van der Waals surface area contributed by atoms with Crippen LogP contribution in [-0.4, -0.2) is 74.6 Å². The number of sulfonamides is 1. The zero-order valence-electron chi connectivity index (χ0n) is 18.3. The van der Waals surface area contributed by atoms with Crippen LogP contribution in [0.3, 0.4) is 0 Å². The lowest BCUT2D eigenvalue weighted by atomic mass is 9.98. The van der Waals surface area contributed by atoms with Crippen molar-refractivity contribution in [3.63, 3.8) is 0 Å². The van der Waals surface area contributed by atoms with Crippen LogP contribution in [0.1, 0.15) is 38.2 Å². The number of rotatable bonds is 8. The Bertz CT molecular complexity index is 862. The average molecular weight is 456 g/mol. The number of carbonyl (C=O) groups excluding carboxylic acids is 1. The number of nitrogens with zero attached hydrogens (tertiary/aromatic N) is 2. The van der Waals surface area contributed by atoms with Gasteiger partial charge in [0.05, 0.1) is 6.61 Å². The van der Waals surface area contributed by atoms with Gasteiger partial charge in [0.15, 0.2) is 4.75 Å². The van der Waals surface area contributed by atoms with E-state index in [-0.39, 0.29) is 39.1 Å². The van der Waals surface area contributed by atoms with Gasteiger partial charge in [-0.05, 0) is 37.1 Å². The van der Waals surface area contributed by atoms with E-state index in [0.29, 0.717) is 19.7 Å². The summed E-state index contributed by atoms with van der Waals surface area (Å²) >= 11 is 0. The average Bonchev–Trinajstić information content (AvgIpc) is 2.80. The molecule has 0 saturated carbocycles. The van der Waals surface area contributed by atoms with Gasteiger partial charge in [0.1, 0.15) is 5.75 Å². The van der Waals surface area contributed by atoms with Gasteiger partial charge < -0.3 is 14.4 Å². The third kappa shape index (κ3) is 4.82. The number of ether oxygens (including phenoxy) is 2. The normalized spacial score (nSPS) is 19.8. The molecule has 3 rings (SSSR count). The molecule has 174 valence electrons. The highest BCUT2D eigenvalue weighted by atomic mass is 32.2. The molecule has 2 fully saturated rings. The maximum Gasteiger partial charge on any atom is 0.266 e. The molecule has 2 aliphatic heterocycles. The van der Waals surface area contributed by atoms with E-state index in [4.69, 9.17) is 9.47 Å². The standard InChI is InChI=1S/C21H33N3O6S/c1-3-4-13-30-19-6-5-18(16-17(19)2)23-9-11-24(12-10-23)31(27,28)21(20(25)22-26)7-14-29-15-8-21/h5-6,16,26H,3-4,7-15H2,1-2H3,(H,22,25). The number of hydroxylamine groups is 1. The molecule has 2 N–H and O–H groups in total. The van der Waals surface area contributed by atoms with Crippen LogP contribution in [0.5, 0.6) is 5.75 Å². The molecule has 0 aliphatic carbocycles. The predicted molar refractivity (Wildman–Crippen MR) is 117 cm³/mol. The smallest absolute Gasteiger partial charge is 0.266 e. The Morgan fingerprint density at radius 3 is 2.48 bits per heavy atom. The molecule has 0 spiro atoms. The highest BCUT2D eigenvalue weighted by Crippen LogP contribution is 2.34. The Labute approximate surface area is 184 Å². The van der Waals surface area contributed by atoms with Gasteiger partial charge in [0.2, 0.25) is 10.0 Å². The van der Waals surface area contributed by atoms with Gasteiger partial charge in [-0.2, -0.15) is 4.31 Å². The molecule has 1 amide bonds. The van der Waals surface area contributed by atoms with Gasteiger partial charge in [-0.15, -0.1) is 0 Å². The number of unbranched alkanes of at least 4 members (excludes halogenated alkanes) is 1. The van der Waals surface area contributed by atoms with Crippen LogP contribution in [0, 0.1) is 6.92 Å². The SMILES string of the molecule is CCCCOc1ccc(N2CCN(S(=O)(=O)C3(C(=O)NO)CCOCC3)CC2)cc1C. The van der Waals surface area contributed by atoms with Gasteiger partial charge in [-0.25, -0.2) is 13.9 Å². The van der Waals surface area contributed by atoms with Crippen LogP contribution in [0.4, 0.5) is 5.69 Å². The van der Waals surface area contributed by atoms with E-state index in [9.17, 15) is 18.4 Å². The summed E-state index contributed by atoms with van der Waals surface area (Å²) in [4.78, 5) is 14.5. The van der Waals surface area contributed by atoms with Crippen molar-refractivity contribution in [1.82, 2.24) is 9.79 Å². The molecule has 2 heterocycles. The summed E-state index contributed by atoms with van der Waals surface area (Å²) in [5.41, 5.74) is 3.63. The number of benzene rings is 1. The van der Waals surface area contributed by atoms with Crippen molar-refractivity contribution < 1.29 is 27.9 Å². The van der Waals surface area contributed by atoms with E-state index >= 15 is 0 Å². The number of carbonyl (C=O) groups is 1. The van der Waals surface area contributed by atoms with E-state index < -0.39 is 20.7 Å². The van der Waals surface area contributed by atoms with Crippen molar-refractivity contribution in [1.29, 1.82) is 0 Å². The van der Waals surface area contributed by atoms with Crippen LogP contribution in [0.2, 0.25) is 0 Å². The predicted octanol–water partition coefficient (Wildman–Crippen LogP) is 1.68. The third-order valence-electron chi connectivity index (χ3n) is 6.17. The Morgan fingerprint density at radius 2 is 1.90 bits per heavy atom. The molecule has 1 aromatic rings. The van der Waals surface area contributed by atoms with Crippen molar-refractivity contribution >= 4 is 21.6 Å². The van der Waals surface area contributed by atoms with Crippen LogP contribution in [0.25, 0.3) is 0 Å². The Kier molecular flexibility index (Phi) is 7.79. The number of hydrogen-bond acceptors (Lipinski definition) is 7. The molecule has 2 saturated heterocycles. The Morgan fingerprint density at radius 1 is 1.23 bits per heavy atom. The molecule has 31 heavy (non-hydrogen) atoms. The monoisotopic (exact) mass is 455 g/mol. The van der Waals surface area contributed by atoms with E-state index in [1.807, 2.05) is 19.1 Å². The van der Waals surface area contributed by atoms with Crippen molar-refractivity contribution in [3.05, 3.63) is 23.8 Å². The minimum absolute atomic E-state index is 0.0284. The molecule has 2 aliphatic rings. The Balaban J connectivity index is 1.68. The lowest BCUT2D eigenvalue weighted by molar-refractivity contribution is -0.134. The number of aryl methyl sites for hydroxylation is 1. The summed E-state index contributed by atoms with van der Waals surface area (Å²) in [5, 5.41) is 9.18. The van der Waals surface area contributed by atoms with Crippen molar-refractivity contribution in [3.8, 4) is 5.75 Å². The molecular weight excluding hydrogens is 422 g/mol. The summed E-state index contributed by atoms with van der Waals surface area (Å²) in [5.74, 6) is -0.0117. The summed E-state index contributed by atoms with van der Waals surface area (Å²) < 4.78 is 37.6. The molecule has 1 aromatic carbocycles. The molecule has 0 aromatic heterocycles. The molecule has 0 radical (unpaired) electrons. The summed E-state index contributed by atoms with van der Waals surface area (Å²) in [6.45, 7) is 6.74. The second-order valence-electron chi connectivity index (χ2n) is 8.09. The van der Waals surface area contributed by atoms with E-state index in [1.165, 1.54) is 4.31 Å². The Hall–Kier alpha value is -1.88. The fourth-order valence-electron chi connectivity index (χ4n) is 4.16. The summed E-state index contributed by atoms with van der Waals surface area (Å²) in [6.07, 6.45) is 2.15. The number of hydrogen-bond donors (Lipinski definition) is 2. The fourth-order valence-corrected chi connectivity index (χ4v) is 6.26. The largest absolute Gasteiger partial charge is 0.493 e. The molecular formula is C21H33N3O6S. The summed E-state index contributed by atoms with van der Waals surface area (Å²) in [7, 11) is -3.96. The molecule has 0 bridgehead atoms. The van der Waals surface area contributed by atoms with Crippen LogP contribution in [0.15, 0.2) is 18.2 Å². The lowest BCUT2D eigenvalue weighted by Crippen LogP contribution is -2.62. The second kappa shape index (κ2) is 10.2. The van der Waals surface area contributed by atoms with Gasteiger partial charge in [0.25, 0.3) is 5.91 Å². The van der Waals surface area contributed by atoms with Crippen LogP contribution < -0.4 is 15.1 Å². The number of nitrogens with one attached hydrogen (secondary N) is 1. The van der Waals surface area contributed by atoms with E-state index in [0.717, 1.165) is 29.8 Å². The van der Waals surface area contributed by atoms with Gasteiger partial charge in [-0.1, -0.05) is 13.3 Å². The lowest BCUT2D eigenvalue weighted by Gasteiger charge is -2.42. The summed E-state index contributed by atoms with van der Waals surface area (Å²) in [6, 6.07) is 6.02. The minimum Gasteiger partial charge on any atom is -0.493 e. The van der Waals surface area contributed by atoms with Crippen LogP contribution in [-0.2, 0) is 19.6 Å². The van der Waals surface area contributed by atoms with Gasteiger partial charge in [-0.3, -0.25) is 10.0 Å². The topological polar surface area (TPSA) is 108 Å². The fraction of sp³-hybridized carbons (Fsp3) is 0.667. The first-order valence-electron chi connectivity index (χ1n) is 10.9. The van der Waals surface area contributed by atoms with E-state index in [2.05, 4.69) is 17.9 Å². The molecule has 0 atom stereocenters. The first-order chi connectivity index (χ1) is 14.9. The van der Waals surface area contributed by atoms with Crippen molar-refractivity contribution in [2.24, 2.45) is 0 Å². The second-order valence-corrected chi connectivity index (χ2v) is 10.3. The van der Waals surface area contributed by atoms with Gasteiger partial charge >= 0.3 is 0 Å². The minimum atomic E-state index is -3.96. The molecule has 0 unspecified atom stereocenters. The highest BCUT2D eigenvalue weighted by molar-refractivity contribution is 7.91. The maximum absolute atomic E-state index is 13.4. The van der Waals surface area contributed by atoms with Crippen LogP contribution >= 0.6 is 0 Å². The first-order valence-corrected chi connectivity index (χ1v) is 12.3. The zero-order valence-corrected chi connectivity index (χ0v) is 19.1. The van der Waals surface area contributed by atoms with E-state index in [1.54, 1.807) is 5.48 Å². The maximum atomic E-state index is 13.4. The van der Waals surface area contributed by atoms with Crippen molar-refractivity contribution in [2.45, 2.75) is 44.3 Å². The molecule has 10 heteroatoms. The first kappa shape index (κ1) is 23.8. The zero-order chi connectivity index (χ0) is 22.5. The number of amides is 1.